The number of allylic oxidation sites excluding steroid dienone is 1. The van der Waals surface area contributed by atoms with Gasteiger partial charge in [-0.05, 0) is 59.2 Å². The minimum absolute atomic E-state index is 0.137. The first-order chi connectivity index (χ1) is 15.6. The van der Waals surface area contributed by atoms with Gasteiger partial charge in [0.05, 0.1) is 4.90 Å². The predicted molar refractivity (Wildman–Crippen MR) is 134 cm³/mol. The average Bonchev–Trinajstić information content (AvgIpc) is 2.70. The first kappa shape index (κ1) is 25.3. The van der Waals surface area contributed by atoms with Gasteiger partial charge in [0.2, 0.25) is 9.84 Å². The quantitative estimate of drug-likeness (QED) is 0.379. The molecule has 7 heteroatoms. The molecule has 0 aliphatic heterocycles. The Morgan fingerprint density at radius 2 is 1.56 bits per heavy atom. The van der Waals surface area contributed by atoms with Gasteiger partial charge in [0.25, 0.3) is 0 Å². The zero-order valence-electron chi connectivity index (χ0n) is 20.5. The number of rotatable bonds is 3. The van der Waals surface area contributed by atoms with Gasteiger partial charge in [-0.25, -0.2) is 13.2 Å². The second-order valence-corrected chi connectivity index (χ2v) is 12.4. The molecule has 178 valence electrons. The van der Waals surface area contributed by atoms with Crippen LogP contribution < -0.4 is 5.63 Å². The Hall–Kier alpha value is -3.37. The van der Waals surface area contributed by atoms with Crippen molar-refractivity contribution in [1.29, 1.82) is 5.26 Å². The molecule has 0 fully saturated rings. The third-order valence-electron chi connectivity index (χ3n) is 5.68. The molecule has 1 heterocycles. The number of phenolic OH excluding ortho intramolecular Hbond substituents is 1. The standard InChI is InChI=1S/C27H29NO5S/c1-16-10-24(29)33-23-14-18(8-9-20(16)23)34(31,32)19(15-28)11-17-12-21(26(2,3)4)25(30)22(13-17)27(5,6)7/h8-14,30H,1-7H3/b19-11-. The molecule has 0 aliphatic carbocycles. The van der Waals surface area contributed by atoms with E-state index >= 15 is 0 Å². The highest BCUT2D eigenvalue weighted by Crippen LogP contribution is 2.40. The van der Waals surface area contributed by atoms with E-state index in [4.69, 9.17) is 4.42 Å². The number of nitrogens with zero attached hydrogens (tertiary/aromatic N) is 1. The molecule has 0 unspecified atom stereocenters. The zero-order valence-corrected chi connectivity index (χ0v) is 21.3. The van der Waals surface area contributed by atoms with Gasteiger partial charge in [-0.1, -0.05) is 41.5 Å². The smallest absolute Gasteiger partial charge is 0.336 e. The SMILES string of the molecule is Cc1cc(=O)oc2cc(S(=O)(=O)/C(C#N)=C\c3cc(C(C)(C)C)c(O)c(C(C)(C)C)c3)ccc12. The minimum atomic E-state index is -4.20. The Morgan fingerprint density at radius 1 is 1.00 bits per heavy atom. The van der Waals surface area contributed by atoms with Crippen LogP contribution in [0.25, 0.3) is 17.0 Å². The molecule has 0 aliphatic rings. The van der Waals surface area contributed by atoms with Crippen LogP contribution in [0.5, 0.6) is 5.75 Å². The topological polar surface area (TPSA) is 108 Å². The van der Waals surface area contributed by atoms with Crippen molar-refractivity contribution in [2.45, 2.75) is 64.2 Å². The number of benzene rings is 2. The Bertz CT molecular complexity index is 1490. The third-order valence-corrected chi connectivity index (χ3v) is 7.34. The van der Waals surface area contributed by atoms with E-state index in [1.54, 1.807) is 25.1 Å². The number of nitriles is 1. The van der Waals surface area contributed by atoms with E-state index in [-0.39, 0.29) is 16.2 Å². The molecule has 2 aromatic carbocycles. The Balaban J connectivity index is 2.24. The molecule has 0 saturated carbocycles. The number of sulfone groups is 1. The Morgan fingerprint density at radius 3 is 2.06 bits per heavy atom. The summed E-state index contributed by atoms with van der Waals surface area (Å²) in [5.41, 5.74) is 1.21. The Labute approximate surface area is 200 Å². The molecule has 6 nitrogen and oxygen atoms in total. The third kappa shape index (κ3) is 4.78. The van der Waals surface area contributed by atoms with Gasteiger partial charge in [0.1, 0.15) is 22.3 Å². The average molecular weight is 480 g/mol. The minimum Gasteiger partial charge on any atom is -0.507 e. The lowest BCUT2D eigenvalue weighted by Crippen LogP contribution is -2.17. The number of phenols is 1. The lowest BCUT2D eigenvalue weighted by atomic mass is 9.78. The van der Waals surface area contributed by atoms with Crippen LogP contribution in [0.1, 0.15) is 63.8 Å². The first-order valence-electron chi connectivity index (χ1n) is 10.8. The van der Waals surface area contributed by atoms with Crippen molar-refractivity contribution < 1.29 is 17.9 Å². The van der Waals surface area contributed by atoms with Crippen LogP contribution in [0.2, 0.25) is 0 Å². The summed E-state index contributed by atoms with van der Waals surface area (Å²) < 4.78 is 31.9. The van der Waals surface area contributed by atoms with Crippen molar-refractivity contribution in [2.75, 3.05) is 0 Å². The molecular weight excluding hydrogens is 450 g/mol. The normalized spacial score (nSPS) is 13.2. The molecular formula is C27H29NO5S. The van der Waals surface area contributed by atoms with E-state index in [9.17, 15) is 23.6 Å². The lowest BCUT2D eigenvalue weighted by Gasteiger charge is -2.28. The van der Waals surface area contributed by atoms with Gasteiger partial charge in [0.15, 0.2) is 0 Å². The monoisotopic (exact) mass is 479 g/mol. The van der Waals surface area contributed by atoms with Crippen LogP contribution >= 0.6 is 0 Å². The molecule has 0 atom stereocenters. The van der Waals surface area contributed by atoms with Crippen molar-refractivity contribution in [2.24, 2.45) is 0 Å². The van der Waals surface area contributed by atoms with E-state index in [1.165, 1.54) is 24.3 Å². The van der Waals surface area contributed by atoms with Crippen molar-refractivity contribution in [3.63, 3.8) is 0 Å². The van der Waals surface area contributed by atoms with Gasteiger partial charge in [-0.15, -0.1) is 0 Å². The summed E-state index contributed by atoms with van der Waals surface area (Å²) in [5, 5.41) is 21.3. The van der Waals surface area contributed by atoms with Crippen LogP contribution in [0, 0.1) is 18.3 Å². The molecule has 3 aromatic rings. The van der Waals surface area contributed by atoms with Gasteiger partial charge < -0.3 is 9.52 Å². The van der Waals surface area contributed by atoms with E-state index in [0.717, 1.165) is 0 Å². The highest BCUT2D eigenvalue weighted by molar-refractivity contribution is 7.95. The van der Waals surface area contributed by atoms with E-state index < -0.39 is 31.2 Å². The molecule has 1 aromatic heterocycles. The van der Waals surface area contributed by atoms with Gasteiger partial charge in [-0.2, -0.15) is 5.26 Å². The highest BCUT2D eigenvalue weighted by atomic mass is 32.2. The molecule has 0 bridgehead atoms. The van der Waals surface area contributed by atoms with Gasteiger partial charge in [-0.3, -0.25) is 0 Å². The lowest BCUT2D eigenvalue weighted by molar-refractivity contribution is 0.423. The molecule has 0 radical (unpaired) electrons. The van der Waals surface area contributed by atoms with Crippen molar-refractivity contribution >= 4 is 26.9 Å². The maximum atomic E-state index is 13.4. The van der Waals surface area contributed by atoms with Gasteiger partial charge >= 0.3 is 5.63 Å². The van der Waals surface area contributed by atoms with Crippen molar-refractivity contribution in [3.05, 3.63) is 74.0 Å². The molecule has 0 spiro atoms. The van der Waals surface area contributed by atoms with Crippen molar-refractivity contribution in [1.82, 2.24) is 0 Å². The second kappa shape index (κ2) is 8.44. The van der Waals surface area contributed by atoms with Gasteiger partial charge in [0, 0.05) is 28.6 Å². The predicted octanol–water partition coefficient (Wildman–Crippen LogP) is 5.74. The number of aromatic hydroxyl groups is 1. The summed E-state index contributed by atoms with van der Waals surface area (Å²) in [6.07, 6.45) is 1.32. The van der Waals surface area contributed by atoms with E-state index in [2.05, 4.69) is 0 Å². The molecule has 0 amide bonds. The van der Waals surface area contributed by atoms with Crippen molar-refractivity contribution in [3.8, 4) is 11.8 Å². The maximum absolute atomic E-state index is 13.4. The molecule has 34 heavy (non-hydrogen) atoms. The first-order valence-corrected chi connectivity index (χ1v) is 12.3. The van der Waals surface area contributed by atoms with Crippen LogP contribution in [-0.2, 0) is 20.7 Å². The summed E-state index contributed by atoms with van der Waals surface area (Å²) >= 11 is 0. The summed E-state index contributed by atoms with van der Waals surface area (Å²) in [5.74, 6) is 0.165. The van der Waals surface area contributed by atoms with E-state index in [0.29, 0.717) is 27.6 Å². The fourth-order valence-corrected chi connectivity index (χ4v) is 4.98. The fourth-order valence-electron chi connectivity index (χ4n) is 3.80. The fraction of sp³-hybridized carbons (Fsp3) is 0.333. The largest absolute Gasteiger partial charge is 0.507 e. The number of aryl methyl sites for hydroxylation is 1. The Kier molecular flexibility index (Phi) is 6.27. The number of fused-ring (bicyclic) bond motifs is 1. The molecule has 0 saturated heterocycles. The summed E-state index contributed by atoms with van der Waals surface area (Å²) in [6, 6.07) is 10.8. The van der Waals surface area contributed by atoms with E-state index in [1.807, 2.05) is 47.6 Å². The molecule has 3 rings (SSSR count). The summed E-state index contributed by atoms with van der Waals surface area (Å²) in [6.45, 7) is 13.5. The number of hydrogen-bond acceptors (Lipinski definition) is 6. The highest BCUT2D eigenvalue weighted by Gasteiger charge is 2.27. The van der Waals surface area contributed by atoms with Crippen LogP contribution in [0.3, 0.4) is 0 Å². The zero-order chi connectivity index (χ0) is 25.6. The molecule has 1 N–H and O–H groups in total. The van der Waals surface area contributed by atoms with Crippen LogP contribution in [0.15, 0.2) is 55.4 Å². The second-order valence-electron chi connectivity index (χ2n) is 10.5. The summed E-state index contributed by atoms with van der Waals surface area (Å²) in [7, 11) is -4.20. The van der Waals surface area contributed by atoms with Crippen LogP contribution in [0.4, 0.5) is 0 Å². The number of hydrogen-bond donors (Lipinski definition) is 1. The van der Waals surface area contributed by atoms with Crippen LogP contribution in [-0.4, -0.2) is 13.5 Å². The summed E-state index contributed by atoms with van der Waals surface area (Å²) in [4.78, 5) is 11.2. The maximum Gasteiger partial charge on any atom is 0.336 e.